The van der Waals surface area contributed by atoms with Crippen molar-refractivity contribution in [3.8, 4) is 0 Å². The molecule has 19 heavy (non-hydrogen) atoms. The van der Waals surface area contributed by atoms with Crippen molar-refractivity contribution in [1.29, 1.82) is 0 Å². The van der Waals surface area contributed by atoms with Gasteiger partial charge in [0.25, 0.3) is 5.24 Å². The monoisotopic (exact) mass is 364 g/mol. The number of halogens is 12. The molecule has 1 unspecified atom stereocenters. The van der Waals surface area contributed by atoms with E-state index in [1.165, 1.54) is 0 Å². The summed E-state index contributed by atoms with van der Waals surface area (Å²) in [7, 11) is 0. The molecule has 0 saturated heterocycles. The molecule has 0 aromatic rings. The standard InChI is InChI=1S/C6Cl3F9O/c7-1(19)2(10,11)4(13,14)5(15,16)3(8,12)6(9,17)18. The summed E-state index contributed by atoms with van der Waals surface area (Å²) in [5, 5.41) is -15.3. The molecule has 0 spiro atoms. The van der Waals surface area contributed by atoms with Gasteiger partial charge in [-0.25, -0.2) is 4.39 Å². The minimum Gasteiger partial charge on any atom is -0.274 e. The molecule has 0 bridgehead atoms. The first-order chi connectivity index (χ1) is 7.94. The molecular weight excluding hydrogens is 365 g/mol. The van der Waals surface area contributed by atoms with Crippen LogP contribution in [0.4, 0.5) is 39.5 Å². The largest absolute Gasteiger partial charge is 0.388 e. The van der Waals surface area contributed by atoms with E-state index in [0.29, 0.717) is 0 Å². The van der Waals surface area contributed by atoms with Gasteiger partial charge < -0.3 is 0 Å². The highest BCUT2D eigenvalue weighted by molar-refractivity contribution is 6.65. The Hall–Kier alpha value is -0.0900. The van der Waals surface area contributed by atoms with Crippen LogP contribution in [0.3, 0.4) is 0 Å². The SMILES string of the molecule is O=C(Cl)C(F)(F)C(F)(F)C(F)(F)C(F)(Cl)C(F)(F)Cl. The van der Waals surface area contributed by atoms with Gasteiger partial charge in [0.1, 0.15) is 0 Å². The predicted molar refractivity (Wildman–Crippen MR) is 46.2 cm³/mol. The number of hydrogen-bond acceptors (Lipinski definition) is 1. The molecule has 0 N–H and O–H groups in total. The molecule has 1 atom stereocenters. The van der Waals surface area contributed by atoms with Gasteiger partial charge in [0.05, 0.1) is 0 Å². The second-order valence-electron chi connectivity index (χ2n) is 3.07. The van der Waals surface area contributed by atoms with Gasteiger partial charge in [0.15, 0.2) is 0 Å². The Bertz CT molecular complexity index is 375. The number of carbonyl (C=O) groups excluding carboxylic acids is 1. The molecular formula is C6Cl3F9O. The van der Waals surface area contributed by atoms with Crippen molar-refractivity contribution in [2.24, 2.45) is 0 Å². The molecule has 0 aliphatic rings. The van der Waals surface area contributed by atoms with Gasteiger partial charge in [0, 0.05) is 0 Å². The highest BCUT2D eigenvalue weighted by atomic mass is 35.5. The topological polar surface area (TPSA) is 17.1 Å². The summed E-state index contributed by atoms with van der Waals surface area (Å²) in [6.45, 7) is 0. The van der Waals surface area contributed by atoms with Crippen molar-refractivity contribution < 1.29 is 44.3 Å². The minimum atomic E-state index is -6.96. The van der Waals surface area contributed by atoms with E-state index < -0.39 is 33.5 Å². The molecule has 0 radical (unpaired) electrons. The van der Waals surface area contributed by atoms with E-state index in [1.54, 1.807) is 0 Å². The molecule has 0 aliphatic carbocycles. The average molecular weight is 365 g/mol. The van der Waals surface area contributed by atoms with E-state index in [-0.39, 0.29) is 0 Å². The third-order valence-electron chi connectivity index (χ3n) is 1.79. The van der Waals surface area contributed by atoms with Crippen molar-refractivity contribution in [2.45, 2.75) is 28.3 Å². The van der Waals surface area contributed by atoms with Crippen LogP contribution in [0.25, 0.3) is 0 Å². The second kappa shape index (κ2) is 4.73. The molecule has 0 amide bonds. The summed E-state index contributed by atoms with van der Waals surface area (Å²) in [5.41, 5.74) is 0. The summed E-state index contributed by atoms with van der Waals surface area (Å²) >= 11 is 11.5. The Kier molecular flexibility index (Phi) is 4.71. The third-order valence-corrected chi connectivity index (χ3v) is 2.86. The molecule has 0 aliphatic heterocycles. The van der Waals surface area contributed by atoms with Gasteiger partial charge in [-0.3, -0.25) is 4.79 Å². The van der Waals surface area contributed by atoms with E-state index in [1.807, 2.05) is 0 Å². The number of alkyl halides is 11. The van der Waals surface area contributed by atoms with Crippen molar-refractivity contribution in [2.75, 3.05) is 0 Å². The lowest BCUT2D eigenvalue weighted by atomic mass is 10.0. The van der Waals surface area contributed by atoms with E-state index in [9.17, 15) is 44.3 Å². The van der Waals surface area contributed by atoms with Crippen LogP contribution in [-0.4, -0.2) is 33.5 Å². The first-order valence-corrected chi connectivity index (χ1v) is 4.86. The smallest absolute Gasteiger partial charge is 0.274 e. The van der Waals surface area contributed by atoms with Crippen LogP contribution >= 0.6 is 34.8 Å². The van der Waals surface area contributed by atoms with Gasteiger partial charge in [-0.15, -0.1) is 0 Å². The summed E-state index contributed by atoms with van der Waals surface area (Å²) in [6, 6.07) is 0. The Balaban J connectivity index is 5.99. The van der Waals surface area contributed by atoms with Gasteiger partial charge in [-0.2, -0.15) is 35.1 Å². The Labute approximate surface area is 113 Å². The fourth-order valence-corrected chi connectivity index (χ4v) is 1.05. The van der Waals surface area contributed by atoms with E-state index >= 15 is 0 Å². The number of carbonyl (C=O) groups is 1. The fourth-order valence-electron chi connectivity index (χ4n) is 0.696. The molecule has 1 nitrogen and oxygen atoms in total. The summed E-state index contributed by atoms with van der Waals surface area (Å²) in [6.07, 6.45) is 0. The maximum absolute atomic E-state index is 12.8. The zero-order valence-electron chi connectivity index (χ0n) is 7.94. The van der Waals surface area contributed by atoms with Gasteiger partial charge in [-0.1, -0.05) is 11.6 Å². The Morgan fingerprint density at radius 3 is 1.26 bits per heavy atom. The summed E-state index contributed by atoms with van der Waals surface area (Å²) < 4.78 is 113. The third kappa shape index (κ3) is 2.58. The highest BCUT2D eigenvalue weighted by Gasteiger charge is 2.86. The predicted octanol–water partition coefficient (Wildman–Crippen LogP) is 4.39. The van der Waals surface area contributed by atoms with Crippen LogP contribution in [0.2, 0.25) is 0 Å². The van der Waals surface area contributed by atoms with Gasteiger partial charge in [0.2, 0.25) is 0 Å². The number of hydrogen-bond donors (Lipinski definition) is 0. The normalized spacial score (nSPS) is 18.1. The van der Waals surface area contributed by atoms with Crippen LogP contribution in [0.15, 0.2) is 0 Å². The van der Waals surface area contributed by atoms with Gasteiger partial charge >= 0.3 is 28.3 Å². The van der Waals surface area contributed by atoms with Crippen LogP contribution in [-0.2, 0) is 4.79 Å². The van der Waals surface area contributed by atoms with E-state index in [0.717, 1.165) is 0 Å². The minimum absolute atomic E-state index is 3.33. The fraction of sp³-hybridized carbons (Fsp3) is 0.833. The first-order valence-electron chi connectivity index (χ1n) is 3.72. The van der Waals surface area contributed by atoms with Crippen molar-refractivity contribution >= 4 is 40.0 Å². The van der Waals surface area contributed by atoms with Crippen LogP contribution in [0.1, 0.15) is 0 Å². The van der Waals surface area contributed by atoms with Crippen LogP contribution < -0.4 is 0 Å². The Morgan fingerprint density at radius 1 is 0.737 bits per heavy atom. The lowest BCUT2D eigenvalue weighted by Crippen LogP contribution is -2.67. The highest BCUT2D eigenvalue weighted by Crippen LogP contribution is 2.59. The lowest BCUT2D eigenvalue weighted by Gasteiger charge is -2.37. The lowest BCUT2D eigenvalue weighted by molar-refractivity contribution is -0.333. The molecule has 0 rings (SSSR count). The van der Waals surface area contributed by atoms with Crippen molar-refractivity contribution in [1.82, 2.24) is 0 Å². The zero-order chi connectivity index (χ0) is 16.1. The van der Waals surface area contributed by atoms with E-state index in [2.05, 4.69) is 34.8 Å². The second-order valence-corrected chi connectivity index (χ2v) is 4.41. The Morgan fingerprint density at radius 2 is 1.05 bits per heavy atom. The summed E-state index contributed by atoms with van der Waals surface area (Å²) in [5.74, 6) is -20.3. The number of rotatable bonds is 5. The molecule has 0 heterocycles. The molecule has 0 aromatic heterocycles. The first kappa shape index (κ1) is 18.9. The van der Waals surface area contributed by atoms with E-state index in [4.69, 9.17) is 0 Å². The van der Waals surface area contributed by atoms with Crippen LogP contribution in [0, 0.1) is 0 Å². The molecule has 0 fully saturated rings. The molecule has 0 saturated carbocycles. The maximum atomic E-state index is 12.8. The summed E-state index contributed by atoms with van der Waals surface area (Å²) in [4.78, 5) is 9.95. The van der Waals surface area contributed by atoms with Crippen molar-refractivity contribution in [3.05, 3.63) is 0 Å². The average Bonchev–Trinajstić information content (AvgIpc) is 2.14. The molecule has 0 aromatic carbocycles. The quantitative estimate of drug-likeness (QED) is 0.401. The van der Waals surface area contributed by atoms with Gasteiger partial charge in [-0.05, 0) is 23.2 Å². The van der Waals surface area contributed by atoms with Crippen LogP contribution in [0.5, 0.6) is 0 Å². The zero-order valence-corrected chi connectivity index (χ0v) is 10.2. The molecule has 13 heteroatoms. The molecule has 114 valence electrons. The maximum Gasteiger partial charge on any atom is 0.388 e. The van der Waals surface area contributed by atoms with Crippen molar-refractivity contribution in [3.63, 3.8) is 0 Å².